The van der Waals surface area contributed by atoms with Crippen molar-refractivity contribution in [2.75, 3.05) is 19.8 Å². The van der Waals surface area contributed by atoms with E-state index in [1.807, 2.05) is 23.1 Å². The van der Waals surface area contributed by atoms with Crippen molar-refractivity contribution in [3.63, 3.8) is 0 Å². The van der Waals surface area contributed by atoms with Gasteiger partial charge >= 0.3 is 0 Å². The molecule has 0 bridgehead atoms. The average Bonchev–Trinajstić information content (AvgIpc) is 3.23. The summed E-state index contributed by atoms with van der Waals surface area (Å²) in [4.78, 5) is 15.9. The van der Waals surface area contributed by atoms with E-state index in [9.17, 15) is 4.79 Å². The van der Waals surface area contributed by atoms with Crippen LogP contribution in [0.15, 0.2) is 43.0 Å². The van der Waals surface area contributed by atoms with E-state index in [2.05, 4.69) is 18.7 Å². The summed E-state index contributed by atoms with van der Waals surface area (Å²) in [7, 11) is 0. The van der Waals surface area contributed by atoms with Crippen LogP contribution < -0.4 is 0 Å². The van der Waals surface area contributed by atoms with Gasteiger partial charge in [-0.25, -0.2) is 0 Å². The fourth-order valence-electron chi connectivity index (χ4n) is 3.77. The number of ether oxygens (including phenoxy) is 2. The van der Waals surface area contributed by atoms with E-state index in [1.54, 1.807) is 17.4 Å². The van der Waals surface area contributed by atoms with Gasteiger partial charge in [0.2, 0.25) is 0 Å². The Hall–Kier alpha value is -1.69. The summed E-state index contributed by atoms with van der Waals surface area (Å²) in [6.45, 7) is 5.46. The fraction of sp³-hybridized carbons (Fsp3) is 0.421. The highest BCUT2D eigenvalue weighted by atomic mass is 32.1. The van der Waals surface area contributed by atoms with Crippen LogP contribution in [-0.2, 0) is 9.47 Å². The van der Waals surface area contributed by atoms with Gasteiger partial charge in [-0.1, -0.05) is 24.3 Å². The minimum Gasteiger partial charge on any atom is -0.372 e. The molecule has 2 fully saturated rings. The van der Waals surface area contributed by atoms with E-state index in [0.29, 0.717) is 19.8 Å². The van der Waals surface area contributed by atoms with Crippen LogP contribution in [0.25, 0.3) is 10.1 Å². The predicted octanol–water partition coefficient (Wildman–Crippen LogP) is 3.48. The van der Waals surface area contributed by atoms with Crippen molar-refractivity contribution >= 4 is 27.3 Å². The molecule has 1 aromatic heterocycles. The number of thiophene rings is 1. The maximum Gasteiger partial charge on any atom is 0.264 e. The maximum atomic E-state index is 13.1. The third-order valence-corrected chi connectivity index (χ3v) is 5.96. The Morgan fingerprint density at radius 3 is 3.12 bits per heavy atom. The molecule has 1 saturated carbocycles. The number of morpholine rings is 1. The van der Waals surface area contributed by atoms with Crippen LogP contribution in [0.2, 0.25) is 0 Å². The number of rotatable bonds is 4. The number of nitrogens with zero attached hydrogens (tertiary/aromatic N) is 1. The zero-order valence-electron chi connectivity index (χ0n) is 13.5. The standard InChI is InChI=1S/C19H21NO3S/c1-2-10-22-15-8-7-14-18(15)23-11-9-20(14)19(21)17-12-13-5-3-4-6-16(13)24-17/h2-6,12,14-15,18H,1,7-11H2/t14-,15+,18+/m0/s1. The molecule has 4 nitrogen and oxygen atoms in total. The van der Waals surface area contributed by atoms with Gasteiger partial charge in [-0.3, -0.25) is 4.79 Å². The van der Waals surface area contributed by atoms with Crippen molar-refractivity contribution in [1.82, 2.24) is 4.90 Å². The molecular formula is C19H21NO3S. The van der Waals surface area contributed by atoms with E-state index in [0.717, 1.165) is 27.8 Å². The summed E-state index contributed by atoms with van der Waals surface area (Å²) in [6.07, 6.45) is 3.67. The van der Waals surface area contributed by atoms with E-state index in [-0.39, 0.29) is 24.2 Å². The highest BCUT2D eigenvalue weighted by Gasteiger charge is 2.45. The number of hydrogen-bond donors (Lipinski definition) is 0. The van der Waals surface area contributed by atoms with Crippen molar-refractivity contribution < 1.29 is 14.3 Å². The molecule has 1 aliphatic carbocycles. The average molecular weight is 343 g/mol. The number of carbonyl (C=O) groups is 1. The molecule has 0 N–H and O–H groups in total. The van der Waals surface area contributed by atoms with E-state index in [4.69, 9.17) is 9.47 Å². The molecule has 5 heteroatoms. The van der Waals surface area contributed by atoms with Crippen molar-refractivity contribution in [3.8, 4) is 0 Å². The Morgan fingerprint density at radius 2 is 2.29 bits per heavy atom. The number of carbonyl (C=O) groups excluding carboxylic acids is 1. The molecule has 1 amide bonds. The molecule has 0 unspecified atom stereocenters. The molecule has 0 radical (unpaired) electrons. The number of benzene rings is 1. The molecule has 1 aliphatic heterocycles. The normalized spacial score (nSPS) is 26.5. The van der Waals surface area contributed by atoms with Crippen LogP contribution in [0.4, 0.5) is 0 Å². The Bertz CT molecular complexity index is 723. The number of amides is 1. The summed E-state index contributed by atoms with van der Waals surface area (Å²) < 4.78 is 12.9. The Morgan fingerprint density at radius 1 is 1.42 bits per heavy atom. The smallest absolute Gasteiger partial charge is 0.264 e. The Labute approximate surface area is 145 Å². The Kier molecular flexibility index (Phi) is 4.39. The minimum absolute atomic E-state index is 0.0166. The maximum absolute atomic E-state index is 13.1. The first-order valence-electron chi connectivity index (χ1n) is 8.41. The van der Waals surface area contributed by atoms with Gasteiger partial charge < -0.3 is 14.4 Å². The van der Waals surface area contributed by atoms with Crippen molar-refractivity contribution in [3.05, 3.63) is 47.9 Å². The van der Waals surface area contributed by atoms with E-state index in [1.165, 1.54) is 0 Å². The zero-order chi connectivity index (χ0) is 16.5. The second kappa shape index (κ2) is 6.67. The molecule has 24 heavy (non-hydrogen) atoms. The van der Waals surface area contributed by atoms with Crippen LogP contribution in [0.5, 0.6) is 0 Å². The second-order valence-electron chi connectivity index (χ2n) is 6.29. The SMILES string of the molecule is C=CCO[C@@H]1CC[C@H]2[C@H]1OCCN2C(=O)c1cc2ccccc2s1. The first-order chi connectivity index (χ1) is 11.8. The first-order valence-corrected chi connectivity index (χ1v) is 9.23. The van der Waals surface area contributed by atoms with Gasteiger partial charge in [-0.2, -0.15) is 0 Å². The topological polar surface area (TPSA) is 38.8 Å². The molecule has 0 spiro atoms. The molecular weight excluding hydrogens is 322 g/mol. The van der Waals surface area contributed by atoms with Gasteiger partial charge in [0.15, 0.2) is 0 Å². The summed E-state index contributed by atoms with van der Waals surface area (Å²) in [5.74, 6) is 0.124. The van der Waals surface area contributed by atoms with Crippen LogP contribution >= 0.6 is 11.3 Å². The highest BCUT2D eigenvalue weighted by Crippen LogP contribution is 2.34. The lowest BCUT2D eigenvalue weighted by Crippen LogP contribution is -2.53. The molecule has 2 aliphatic rings. The minimum atomic E-state index is -0.0166. The second-order valence-corrected chi connectivity index (χ2v) is 7.37. The van der Waals surface area contributed by atoms with E-state index < -0.39 is 0 Å². The largest absolute Gasteiger partial charge is 0.372 e. The van der Waals surface area contributed by atoms with Gasteiger partial charge in [0.05, 0.1) is 30.2 Å². The summed E-state index contributed by atoms with van der Waals surface area (Å²) in [5.41, 5.74) is 0. The van der Waals surface area contributed by atoms with Crippen LogP contribution in [0.1, 0.15) is 22.5 Å². The summed E-state index contributed by atoms with van der Waals surface area (Å²) in [5, 5.41) is 1.13. The molecule has 1 aromatic carbocycles. The molecule has 3 atom stereocenters. The van der Waals surface area contributed by atoms with Crippen LogP contribution in [0, 0.1) is 0 Å². The van der Waals surface area contributed by atoms with Gasteiger partial charge in [0.1, 0.15) is 6.10 Å². The molecule has 4 rings (SSSR count). The van der Waals surface area contributed by atoms with Crippen LogP contribution in [0.3, 0.4) is 0 Å². The lowest BCUT2D eigenvalue weighted by atomic mass is 10.1. The quantitative estimate of drug-likeness (QED) is 0.798. The lowest BCUT2D eigenvalue weighted by molar-refractivity contribution is -0.100. The first kappa shape index (κ1) is 15.8. The van der Waals surface area contributed by atoms with Gasteiger partial charge in [0.25, 0.3) is 5.91 Å². The number of hydrogen-bond acceptors (Lipinski definition) is 4. The molecule has 2 aromatic rings. The fourth-order valence-corrected chi connectivity index (χ4v) is 4.79. The summed E-state index contributed by atoms with van der Waals surface area (Å²) >= 11 is 1.57. The molecule has 1 saturated heterocycles. The Balaban J connectivity index is 1.54. The summed E-state index contributed by atoms with van der Waals surface area (Å²) in [6, 6.07) is 10.3. The predicted molar refractivity (Wildman–Crippen MR) is 95.6 cm³/mol. The monoisotopic (exact) mass is 343 g/mol. The van der Waals surface area contributed by atoms with Gasteiger partial charge in [-0.05, 0) is 30.4 Å². The van der Waals surface area contributed by atoms with Gasteiger partial charge in [-0.15, -0.1) is 17.9 Å². The number of fused-ring (bicyclic) bond motifs is 2. The van der Waals surface area contributed by atoms with E-state index >= 15 is 0 Å². The molecule has 2 heterocycles. The van der Waals surface area contributed by atoms with Crippen molar-refractivity contribution in [1.29, 1.82) is 0 Å². The van der Waals surface area contributed by atoms with Crippen molar-refractivity contribution in [2.24, 2.45) is 0 Å². The zero-order valence-corrected chi connectivity index (χ0v) is 14.3. The third kappa shape index (κ3) is 2.77. The van der Waals surface area contributed by atoms with Gasteiger partial charge in [0, 0.05) is 11.2 Å². The van der Waals surface area contributed by atoms with Crippen LogP contribution in [-0.4, -0.2) is 48.8 Å². The van der Waals surface area contributed by atoms with Crippen molar-refractivity contribution in [2.45, 2.75) is 31.1 Å². The lowest BCUT2D eigenvalue weighted by Gasteiger charge is -2.38. The molecule has 126 valence electrons. The third-order valence-electron chi connectivity index (χ3n) is 4.86. The highest BCUT2D eigenvalue weighted by molar-refractivity contribution is 7.20.